The molecule has 0 fully saturated rings. The first-order chi connectivity index (χ1) is 23.3. The molecule has 5 heteroatoms. The molecule has 0 saturated heterocycles. The Hall–Kier alpha value is -6.46. The molecule has 0 aliphatic carbocycles. The molecular weight excluding hydrogens is 576 g/mol. The molecule has 0 aliphatic heterocycles. The molecule has 220 valence electrons. The van der Waals surface area contributed by atoms with Gasteiger partial charge in [-0.3, -0.25) is 0 Å². The summed E-state index contributed by atoms with van der Waals surface area (Å²) in [7, 11) is 0. The van der Waals surface area contributed by atoms with E-state index in [0.717, 1.165) is 66.2 Å². The third-order valence-corrected chi connectivity index (χ3v) is 8.53. The second-order valence-corrected chi connectivity index (χ2v) is 11.5. The maximum Gasteiger partial charge on any atom is 0.227 e. The highest BCUT2D eigenvalue weighted by molar-refractivity contribution is 6.14. The fourth-order valence-corrected chi connectivity index (χ4v) is 6.19. The van der Waals surface area contributed by atoms with Gasteiger partial charge in [-0.25, -0.2) is 19.9 Å². The van der Waals surface area contributed by atoms with Crippen molar-refractivity contribution in [3.05, 3.63) is 158 Å². The fourth-order valence-electron chi connectivity index (χ4n) is 6.19. The van der Waals surface area contributed by atoms with Crippen molar-refractivity contribution in [3.63, 3.8) is 0 Å². The van der Waals surface area contributed by atoms with E-state index in [-0.39, 0.29) is 0 Å². The number of nitrogens with zero attached hydrogens (tertiary/aromatic N) is 4. The second-order valence-electron chi connectivity index (χ2n) is 11.5. The van der Waals surface area contributed by atoms with E-state index in [2.05, 4.69) is 84.9 Å². The van der Waals surface area contributed by atoms with Crippen LogP contribution in [-0.4, -0.2) is 19.9 Å². The molecular formula is C42H26N4O. The van der Waals surface area contributed by atoms with E-state index in [0.29, 0.717) is 23.2 Å². The van der Waals surface area contributed by atoms with Crippen molar-refractivity contribution >= 4 is 33.0 Å². The number of hydrogen-bond donors (Lipinski definition) is 0. The Kier molecular flexibility index (Phi) is 6.39. The lowest BCUT2D eigenvalue weighted by molar-refractivity contribution is 0.656. The topological polar surface area (TPSA) is 64.7 Å². The average molecular weight is 603 g/mol. The molecule has 3 heterocycles. The van der Waals surface area contributed by atoms with Crippen LogP contribution in [0.4, 0.5) is 0 Å². The Bertz CT molecular complexity index is 2540. The van der Waals surface area contributed by atoms with Gasteiger partial charge in [-0.05, 0) is 46.5 Å². The van der Waals surface area contributed by atoms with E-state index >= 15 is 0 Å². The highest BCUT2D eigenvalue weighted by Crippen LogP contribution is 2.40. The van der Waals surface area contributed by atoms with Crippen LogP contribution in [0.15, 0.2) is 162 Å². The van der Waals surface area contributed by atoms with Crippen LogP contribution in [-0.2, 0) is 0 Å². The van der Waals surface area contributed by atoms with Crippen molar-refractivity contribution in [2.75, 3.05) is 0 Å². The van der Waals surface area contributed by atoms with Gasteiger partial charge in [0.2, 0.25) is 5.71 Å². The number of furan rings is 1. The van der Waals surface area contributed by atoms with Gasteiger partial charge in [-0.15, -0.1) is 0 Å². The molecule has 0 N–H and O–H groups in total. The summed E-state index contributed by atoms with van der Waals surface area (Å²) in [5.41, 5.74) is 9.26. The van der Waals surface area contributed by atoms with Crippen LogP contribution >= 0.6 is 0 Å². The minimum atomic E-state index is 0.569. The normalized spacial score (nSPS) is 11.4. The van der Waals surface area contributed by atoms with Gasteiger partial charge in [0.05, 0.1) is 5.52 Å². The van der Waals surface area contributed by atoms with Crippen LogP contribution < -0.4 is 0 Å². The van der Waals surface area contributed by atoms with E-state index in [1.54, 1.807) is 0 Å². The van der Waals surface area contributed by atoms with Gasteiger partial charge in [-0.1, -0.05) is 133 Å². The van der Waals surface area contributed by atoms with E-state index < -0.39 is 0 Å². The molecule has 0 radical (unpaired) electrons. The molecule has 0 unspecified atom stereocenters. The molecule has 3 aromatic heterocycles. The molecule has 0 aliphatic rings. The molecule has 0 atom stereocenters. The maximum atomic E-state index is 6.49. The maximum absolute atomic E-state index is 6.49. The average Bonchev–Trinajstić information content (AvgIpc) is 3.51. The van der Waals surface area contributed by atoms with Gasteiger partial charge in [0, 0.05) is 32.8 Å². The summed E-state index contributed by atoms with van der Waals surface area (Å²) in [6.45, 7) is 0. The molecule has 6 aromatic carbocycles. The van der Waals surface area contributed by atoms with Crippen LogP contribution in [0.25, 0.3) is 89.4 Å². The largest absolute Gasteiger partial charge is 0.438 e. The molecule has 0 saturated carbocycles. The first-order valence-electron chi connectivity index (χ1n) is 15.6. The monoisotopic (exact) mass is 602 g/mol. The third-order valence-electron chi connectivity index (χ3n) is 8.53. The lowest BCUT2D eigenvalue weighted by Crippen LogP contribution is -2.00. The first-order valence-corrected chi connectivity index (χ1v) is 15.6. The Morgan fingerprint density at radius 3 is 1.57 bits per heavy atom. The first kappa shape index (κ1) is 26.9. The minimum absolute atomic E-state index is 0.569. The van der Waals surface area contributed by atoms with Crippen LogP contribution in [0.3, 0.4) is 0 Å². The zero-order valence-corrected chi connectivity index (χ0v) is 25.2. The summed E-state index contributed by atoms with van der Waals surface area (Å²) in [5.74, 6) is 1.77. The highest BCUT2D eigenvalue weighted by atomic mass is 16.3. The molecule has 0 spiro atoms. The second kappa shape index (κ2) is 11.2. The summed E-state index contributed by atoms with van der Waals surface area (Å²) in [5, 5.41) is 2.89. The van der Waals surface area contributed by atoms with Gasteiger partial charge in [0.15, 0.2) is 17.5 Å². The van der Waals surface area contributed by atoms with Gasteiger partial charge >= 0.3 is 0 Å². The fraction of sp³-hybridized carbons (Fsp3) is 0. The van der Waals surface area contributed by atoms with Crippen LogP contribution in [0, 0.1) is 0 Å². The number of rotatable bonds is 5. The van der Waals surface area contributed by atoms with E-state index in [9.17, 15) is 0 Å². The number of para-hydroxylation sites is 1. The zero-order chi connectivity index (χ0) is 31.2. The summed E-state index contributed by atoms with van der Waals surface area (Å²) in [4.78, 5) is 20.2. The van der Waals surface area contributed by atoms with Crippen LogP contribution in [0.2, 0.25) is 0 Å². The van der Waals surface area contributed by atoms with Gasteiger partial charge in [0.1, 0.15) is 5.58 Å². The Balaban J connectivity index is 1.31. The van der Waals surface area contributed by atoms with Crippen molar-refractivity contribution in [2.24, 2.45) is 0 Å². The zero-order valence-electron chi connectivity index (χ0n) is 25.2. The number of pyridine rings is 1. The van der Waals surface area contributed by atoms with Crippen molar-refractivity contribution < 1.29 is 4.42 Å². The number of aromatic nitrogens is 4. The quantitative estimate of drug-likeness (QED) is 0.196. The van der Waals surface area contributed by atoms with Gasteiger partial charge in [0.25, 0.3) is 0 Å². The Labute approximate surface area is 270 Å². The lowest BCUT2D eigenvalue weighted by Gasteiger charge is -2.11. The minimum Gasteiger partial charge on any atom is -0.438 e. The van der Waals surface area contributed by atoms with Crippen LogP contribution in [0.5, 0.6) is 0 Å². The van der Waals surface area contributed by atoms with E-state index in [1.165, 1.54) is 0 Å². The summed E-state index contributed by atoms with van der Waals surface area (Å²) in [6.07, 6.45) is 0. The molecule has 5 nitrogen and oxygen atoms in total. The number of fused-ring (bicyclic) bond motifs is 4. The van der Waals surface area contributed by atoms with Gasteiger partial charge in [-0.2, -0.15) is 0 Å². The SMILES string of the molecule is c1ccc(-c2ccc(-c3nc(-c4ccccc4)nc(-c4cc(-c5ccccc5)cc5oc6nc7ccccc7cc6c45)n3)cc2)cc1. The predicted molar refractivity (Wildman–Crippen MR) is 190 cm³/mol. The summed E-state index contributed by atoms with van der Waals surface area (Å²) >= 11 is 0. The summed E-state index contributed by atoms with van der Waals surface area (Å²) < 4.78 is 6.49. The number of hydrogen-bond acceptors (Lipinski definition) is 5. The molecule has 0 amide bonds. The van der Waals surface area contributed by atoms with Crippen molar-refractivity contribution in [1.82, 2.24) is 19.9 Å². The van der Waals surface area contributed by atoms with E-state index in [1.807, 2.05) is 72.8 Å². The number of benzene rings is 6. The summed E-state index contributed by atoms with van der Waals surface area (Å²) in [6, 6.07) is 53.6. The van der Waals surface area contributed by atoms with Crippen molar-refractivity contribution in [1.29, 1.82) is 0 Å². The van der Waals surface area contributed by atoms with Crippen molar-refractivity contribution in [2.45, 2.75) is 0 Å². The highest BCUT2D eigenvalue weighted by Gasteiger charge is 2.21. The van der Waals surface area contributed by atoms with E-state index in [4.69, 9.17) is 24.4 Å². The molecule has 9 aromatic rings. The predicted octanol–water partition coefficient (Wildman–Crippen LogP) is 10.7. The Morgan fingerprint density at radius 1 is 0.383 bits per heavy atom. The van der Waals surface area contributed by atoms with Gasteiger partial charge < -0.3 is 4.42 Å². The molecule has 0 bridgehead atoms. The molecule has 47 heavy (non-hydrogen) atoms. The lowest BCUT2D eigenvalue weighted by atomic mass is 9.98. The third kappa shape index (κ3) is 4.91. The standard InChI is InChI=1S/C42H26N4O/c1-4-12-27(13-5-1)29-20-22-31(23-21-29)40-44-39(30-16-8-3-9-17-30)45-41(46-40)34-25-33(28-14-6-2-7-15-28)26-37-38(34)35-24-32-18-10-11-19-36(32)43-42(35)47-37/h1-26H. The Morgan fingerprint density at radius 2 is 0.894 bits per heavy atom. The van der Waals surface area contributed by atoms with Crippen LogP contribution in [0.1, 0.15) is 0 Å². The smallest absolute Gasteiger partial charge is 0.227 e. The van der Waals surface area contributed by atoms with Crippen molar-refractivity contribution in [3.8, 4) is 56.4 Å². The molecule has 9 rings (SSSR count).